The third kappa shape index (κ3) is 4.58. The van der Waals surface area contributed by atoms with Gasteiger partial charge >= 0.3 is 5.97 Å². The van der Waals surface area contributed by atoms with E-state index in [1.54, 1.807) is 53.2 Å². The van der Waals surface area contributed by atoms with Crippen LogP contribution in [0.15, 0.2) is 48.8 Å². The van der Waals surface area contributed by atoms with Crippen LogP contribution in [-0.4, -0.2) is 30.0 Å². The lowest BCUT2D eigenvalue weighted by Gasteiger charge is -2.04. The highest BCUT2D eigenvalue weighted by Gasteiger charge is 2.11. The Morgan fingerprint density at radius 3 is 2.56 bits per heavy atom. The summed E-state index contributed by atoms with van der Waals surface area (Å²) in [5.74, 6) is -0.562. The Morgan fingerprint density at radius 1 is 1.16 bits per heavy atom. The predicted octanol–water partition coefficient (Wildman–Crippen LogP) is 2.89. The van der Waals surface area contributed by atoms with Gasteiger partial charge < -0.3 is 9.14 Å². The maximum Gasteiger partial charge on any atom is 0.338 e. The van der Waals surface area contributed by atoms with Gasteiger partial charge in [0.15, 0.2) is 9.84 Å². The van der Waals surface area contributed by atoms with Gasteiger partial charge in [-0.1, -0.05) is 23.7 Å². The minimum Gasteiger partial charge on any atom is -0.456 e. The van der Waals surface area contributed by atoms with Crippen molar-refractivity contribution in [1.29, 1.82) is 0 Å². The molecule has 0 bridgehead atoms. The van der Waals surface area contributed by atoms with E-state index in [9.17, 15) is 13.2 Å². The van der Waals surface area contributed by atoms with E-state index < -0.39 is 15.8 Å². The lowest BCUT2D eigenvalue weighted by atomic mass is 10.1. The summed E-state index contributed by atoms with van der Waals surface area (Å²) in [7, 11) is -3.11. The van der Waals surface area contributed by atoms with E-state index in [4.69, 9.17) is 16.3 Å². The number of benzene rings is 1. The van der Waals surface area contributed by atoms with Gasteiger partial charge in [-0.2, -0.15) is 0 Å². The van der Waals surface area contributed by atoms with Gasteiger partial charge in [-0.25, -0.2) is 18.2 Å². The quantitative estimate of drug-likeness (QED) is 0.638. The molecule has 0 saturated carbocycles. The fourth-order valence-electron chi connectivity index (χ4n) is 2.35. The molecule has 0 radical (unpaired) electrons. The van der Waals surface area contributed by atoms with E-state index >= 15 is 0 Å². The molecular weight excluding hydrogens is 364 g/mol. The second-order valence-corrected chi connectivity index (χ2v) is 8.26. The molecule has 0 atom stereocenters. The molecule has 0 aliphatic rings. The van der Waals surface area contributed by atoms with Gasteiger partial charge in [-0.15, -0.1) is 0 Å². The highest BCUT2D eigenvalue weighted by atomic mass is 35.5. The van der Waals surface area contributed by atoms with Crippen LogP contribution in [0.2, 0.25) is 5.02 Å². The first-order chi connectivity index (χ1) is 11.8. The molecule has 6 nitrogen and oxygen atoms in total. The Kier molecular flexibility index (Phi) is 4.78. The number of halogens is 1. The van der Waals surface area contributed by atoms with Crippen LogP contribution in [-0.2, 0) is 26.9 Å². The molecule has 2 aromatic heterocycles. The van der Waals surface area contributed by atoms with Crippen LogP contribution in [0.3, 0.4) is 0 Å². The van der Waals surface area contributed by atoms with E-state index in [1.165, 1.54) is 0 Å². The van der Waals surface area contributed by atoms with Crippen molar-refractivity contribution in [2.45, 2.75) is 12.4 Å². The fraction of sp³-hybridized carbons (Fsp3) is 0.176. The van der Waals surface area contributed by atoms with Gasteiger partial charge in [0.05, 0.1) is 22.0 Å². The molecule has 0 amide bonds. The maximum atomic E-state index is 12.1. The summed E-state index contributed by atoms with van der Waals surface area (Å²) in [5, 5.41) is 0.586. The Bertz CT molecular complexity index is 1030. The third-order valence-corrected chi connectivity index (χ3v) is 4.52. The van der Waals surface area contributed by atoms with E-state index in [2.05, 4.69) is 4.98 Å². The lowest BCUT2D eigenvalue weighted by Crippen LogP contribution is -2.06. The molecule has 0 unspecified atom stereocenters. The number of hydrogen-bond acceptors (Lipinski definition) is 5. The smallest absolute Gasteiger partial charge is 0.338 e. The summed E-state index contributed by atoms with van der Waals surface area (Å²) in [4.78, 5) is 16.4. The number of carbonyl (C=O) groups is 1. The van der Waals surface area contributed by atoms with E-state index in [0.717, 1.165) is 6.26 Å². The van der Waals surface area contributed by atoms with Crippen LogP contribution in [0, 0.1) is 0 Å². The number of esters is 1. The highest BCUT2D eigenvalue weighted by molar-refractivity contribution is 7.89. The Morgan fingerprint density at radius 2 is 1.88 bits per heavy atom. The van der Waals surface area contributed by atoms with E-state index in [-0.39, 0.29) is 12.4 Å². The molecule has 3 aromatic rings. The Hall–Kier alpha value is -2.38. The van der Waals surface area contributed by atoms with Crippen molar-refractivity contribution in [3.05, 3.63) is 70.6 Å². The molecule has 0 aliphatic heterocycles. The van der Waals surface area contributed by atoms with Crippen LogP contribution >= 0.6 is 11.6 Å². The zero-order chi connectivity index (χ0) is 18.0. The van der Waals surface area contributed by atoms with Crippen molar-refractivity contribution < 1.29 is 17.9 Å². The van der Waals surface area contributed by atoms with Crippen molar-refractivity contribution in [3.63, 3.8) is 0 Å². The van der Waals surface area contributed by atoms with Crippen molar-refractivity contribution in [1.82, 2.24) is 9.38 Å². The average molecular weight is 379 g/mol. The maximum absolute atomic E-state index is 12.1. The summed E-state index contributed by atoms with van der Waals surface area (Å²) in [6.07, 6.45) is 4.62. The van der Waals surface area contributed by atoms with Crippen LogP contribution in [0.5, 0.6) is 0 Å². The number of hydrogen-bond donors (Lipinski definition) is 0. The number of nitrogens with zero attached hydrogens (tertiary/aromatic N) is 2. The molecule has 25 heavy (non-hydrogen) atoms. The number of ether oxygens (including phenoxy) is 1. The topological polar surface area (TPSA) is 77.7 Å². The van der Waals surface area contributed by atoms with Gasteiger partial charge in [0.25, 0.3) is 0 Å². The summed E-state index contributed by atoms with van der Waals surface area (Å²) in [5.41, 5.74) is 2.28. The van der Waals surface area contributed by atoms with Crippen molar-refractivity contribution in [2.75, 3.05) is 6.26 Å². The van der Waals surface area contributed by atoms with Gasteiger partial charge in [-0.3, -0.25) is 0 Å². The van der Waals surface area contributed by atoms with Crippen LogP contribution in [0.4, 0.5) is 0 Å². The normalized spacial score (nSPS) is 11.6. The first-order valence-electron chi connectivity index (χ1n) is 7.37. The van der Waals surface area contributed by atoms with Crippen LogP contribution in [0.1, 0.15) is 21.6 Å². The summed E-state index contributed by atoms with van der Waals surface area (Å²) in [6.45, 7) is 0.0310. The Labute approximate surface area is 149 Å². The SMILES string of the molecule is CS(=O)(=O)Cc1ccc(C(=O)OCc2cn3cc(Cl)ccc3n2)cc1. The fourth-order valence-corrected chi connectivity index (χ4v) is 3.32. The highest BCUT2D eigenvalue weighted by Crippen LogP contribution is 2.13. The largest absolute Gasteiger partial charge is 0.456 e. The molecule has 130 valence electrons. The third-order valence-electron chi connectivity index (χ3n) is 3.43. The van der Waals surface area contributed by atoms with Crippen molar-refractivity contribution >= 4 is 33.1 Å². The number of carbonyl (C=O) groups excluding carboxylic acids is 1. The summed E-state index contributed by atoms with van der Waals surface area (Å²) in [6, 6.07) is 9.81. The minimum atomic E-state index is -3.11. The molecule has 0 aliphatic carbocycles. The number of fused-ring (bicyclic) bond motifs is 1. The number of aromatic nitrogens is 2. The van der Waals surface area contributed by atoms with E-state index in [1.807, 2.05) is 0 Å². The number of imidazole rings is 1. The molecule has 2 heterocycles. The molecule has 0 N–H and O–H groups in total. The van der Waals surface area contributed by atoms with Gasteiger partial charge in [0, 0.05) is 18.6 Å². The van der Waals surface area contributed by atoms with Crippen LogP contribution in [0.25, 0.3) is 5.65 Å². The monoisotopic (exact) mass is 378 g/mol. The van der Waals surface area contributed by atoms with Crippen LogP contribution < -0.4 is 0 Å². The second-order valence-electron chi connectivity index (χ2n) is 5.69. The van der Waals surface area contributed by atoms with Gasteiger partial charge in [-0.05, 0) is 29.8 Å². The van der Waals surface area contributed by atoms with Crippen molar-refractivity contribution in [2.24, 2.45) is 0 Å². The van der Waals surface area contributed by atoms with Gasteiger partial charge in [0.2, 0.25) is 0 Å². The molecular formula is C17H15ClN2O4S. The standard InChI is InChI=1S/C17H15ClN2O4S/c1-25(22,23)11-12-2-4-13(5-3-12)17(21)24-10-15-9-20-8-14(18)6-7-16(20)19-15/h2-9H,10-11H2,1H3. The summed E-state index contributed by atoms with van der Waals surface area (Å²) < 4.78 is 29.5. The summed E-state index contributed by atoms with van der Waals surface area (Å²) >= 11 is 5.92. The molecule has 8 heteroatoms. The zero-order valence-corrected chi connectivity index (χ0v) is 14.9. The molecule has 1 aromatic carbocycles. The molecule has 0 fully saturated rings. The van der Waals surface area contributed by atoms with E-state index in [0.29, 0.717) is 27.5 Å². The number of rotatable bonds is 5. The number of pyridine rings is 1. The number of sulfone groups is 1. The first kappa shape index (κ1) is 17.4. The first-order valence-corrected chi connectivity index (χ1v) is 9.81. The lowest BCUT2D eigenvalue weighted by molar-refractivity contribution is 0.0468. The molecule has 0 spiro atoms. The van der Waals surface area contributed by atoms with Gasteiger partial charge in [0.1, 0.15) is 12.3 Å². The molecule has 0 saturated heterocycles. The van der Waals surface area contributed by atoms with Crippen molar-refractivity contribution in [3.8, 4) is 0 Å². The predicted molar refractivity (Wildman–Crippen MR) is 94.3 cm³/mol. The minimum absolute atomic E-state index is 0.0310. The average Bonchev–Trinajstić information content (AvgIpc) is 2.93. The Balaban J connectivity index is 1.65. The zero-order valence-electron chi connectivity index (χ0n) is 13.3. The second kappa shape index (κ2) is 6.85. The molecule has 3 rings (SSSR count).